The molecule has 0 aliphatic carbocycles. The number of amides is 1. The first kappa shape index (κ1) is 17.6. The Morgan fingerprint density at radius 3 is 2.79 bits per heavy atom. The monoisotopic (exact) mass is 382 g/mol. The molecule has 1 aromatic heterocycles. The van der Waals surface area contributed by atoms with Crippen molar-refractivity contribution in [2.45, 2.75) is 45.8 Å². The van der Waals surface area contributed by atoms with Gasteiger partial charge in [-0.3, -0.25) is 14.4 Å². The fourth-order valence-electron chi connectivity index (χ4n) is 4.48. The average molecular weight is 382 g/mol. The molecule has 1 saturated heterocycles. The molecule has 7 nitrogen and oxygen atoms in total. The van der Waals surface area contributed by atoms with Gasteiger partial charge in [-0.1, -0.05) is 6.07 Å². The molecule has 3 aliphatic rings. The average Bonchev–Trinajstić information content (AvgIpc) is 3.46. The lowest BCUT2D eigenvalue weighted by Gasteiger charge is -2.28. The molecule has 0 N–H and O–H groups in total. The van der Waals surface area contributed by atoms with Gasteiger partial charge in [0.15, 0.2) is 17.2 Å². The lowest BCUT2D eigenvalue weighted by atomic mass is 10.0. The molecular formula is C21H26N4O3. The summed E-state index contributed by atoms with van der Waals surface area (Å²) in [5.41, 5.74) is 4.20. The number of hydrogen-bond donors (Lipinski definition) is 0. The summed E-state index contributed by atoms with van der Waals surface area (Å²) in [6, 6.07) is 6.13. The Hall–Kier alpha value is -2.54. The summed E-state index contributed by atoms with van der Waals surface area (Å²) in [6.45, 7) is 7.45. The highest BCUT2D eigenvalue weighted by Crippen LogP contribution is 2.33. The van der Waals surface area contributed by atoms with E-state index in [2.05, 4.69) is 24.0 Å². The minimum Gasteiger partial charge on any atom is -0.454 e. The summed E-state index contributed by atoms with van der Waals surface area (Å²) in [5.74, 6) is 1.73. The van der Waals surface area contributed by atoms with Gasteiger partial charge in [-0.2, -0.15) is 5.10 Å². The van der Waals surface area contributed by atoms with Crippen molar-refractivity contribution in [3.63, 3.8) is 0 Å². The highest BCUT2D eigenvalue weighted by atomic mass is 16.7. The molecule has 0 spiro atoms. The van der Waals surface area contributed by atoms with Crippen LogP contribution in [0.5, 0.6) is 11.5 Å². The summed E-state index contributed by atoms with van der Waals surface area (Å²) in [5, 5.41) is 4.71. The number of benzene rings is 1. The summed E-state index contributed by atoms with van der Waals surface area (Å²) < 4.78 is 12.9. The molecule has 4 heterocycles. The van der Waals surface area contributed by atoms with Crippen LogP contribution in [0.25, 0.3) is 0 Å². The number of hydrogen-bond acceptors (Lipinski definition) is 5. The van der Waals surface area contributed by atoms with E-state index >= 15 is 0 Å². The number of aromatic nitrogens is 2. The van der Waals surface area contributed by atoms with Crippen molar-refractivity contribution in [1.82, 2.24) is 19.6 Å². The van der Waals surface area contributed by atoms with Crippen LogP contribution in [0.3, 0.4) is 0 Å². The third kappa shape index (κ3) is 3.03. The molecule has 1 aromatic carbocycles. The van der Waals surface area contributed by atoms with E-state index in [9.17, 15) is 4.79 Å². The molecule has 5 rings (SSSR count). The van der Waals surface area contributed by atoms with Gasteiger partial charge >= 0.3 is 0 Å². The van der Waals surface area contributed by atoms with Crippen LogP contribution in [0.2, 0.25) is 0 Å². The molecule has 2 aromatic rings. The van der Waals surface area contributed by atoms with E-state index in [0.717, 1.165) is 75.6 Å². The quantitative estimate of drug-likeness (QED) is 0.813. The van der Waals surface area contributed by atoms with Gasteiger partial charge in [0.2, 0.25) is 6.79 Å². The van der Waals surface area contributed by atoms with Crippen LogP contribution in [0, 0.1) is 0 Å². The maximum Gasteiger partial charge on any atom is 0.274 e. The van der Waals surface area contributed by atoms with Crippen molar-refractivity contribution in [3.05, 3.63) is 40.7 Å². The Balaban J connectivity index is 1.38. The van der Waals surface area contributed by atoms with Crippen molar-refractivity contribution in [1.29, 1.82) is 0 Å². The first-order valence-electron chi connectivity index (χ1n) is 10.2. The van der Waals surface area contributed by atoms with Crippen molar-refractivity contribution in [2.75, 3.05) is 26.4 Å². The summed E-state index contributed by atoms with van der Waals surface area (Å²) in [6.07, 6.45) is 3.12. The van der Waals surface area contributed by atoms with Crippen molar-refractivity contribution < 1.29 is 14.3 Å². The molecule has 1 amide bonds. The maximum absolute atomic E-state index is 13.0. The van der Waals surface area contributed by atoms with Gasteiger partial charge in [0, 0.05) is 56.9 Å². The summed E-state index contributed by atoms with van der Waals surface area (Å²) >= 11 is 0. The second-order valence-electron chi connectivity index (χ2n) is 7.74. The lowest BCUT2D eigenvalue weighted by Crippen LogP contribution is -2.33. The Bertz CT molecular complexity index is 901. The SMILES string of the molecule is CCn1nc(C(=O)N2CCCC2)c2c1CCN(Cc1ccc3c(c1)OCO3)C2. The Kier molecular flexibility index (Phi) is 4.47. The van der Waals surface area contributed by atoms with E-state index in [1.807, 2.05) is 15.6 Å². The Labute approximate surface area is 164 Å². The zero-order valence-corrected chi connectivity index (χ0v) is 16.3. The van der Waals surface area contributed by atoms with Gasteiger partial charge in [-0.15, -0.1) is 0 Å². The molecule has 28 heavy (non-hydrogen) atoms. The van der Waals surface area contributed by atoms with Crippen LogP contribution in [0.1, 0.15) is 47.1 Å². The zero-order chi connectivity index (χ0) is 19.1. The molecule has 7 heteroatoms. The van der Waals surface area contributed by atoms with Crippen molar-refractivity contribution in [3.8, 4) is 11.5 Å². The molecule has 0 radical (unpaired) electrons. The highest BCUT2D eigenvalue weighted by Gasteiger charge is 2.31. The van der Waals surface area contributed by atoms with Crippen LogP contribution < -0.4 is 9.47 Å². The summed E-state index contributed by atoms with van der Waals surface area (Å²) in [7, 11) is 0. The first-order valence-corrected chi connectivity index (χ1v) is 10.2. The van der Waals surface area contributed by atoms with Gasteiger partial charge in [0.05, 0.1) is 0 Å². The minimum absolute atomic E-state index is 0.103. The number of aryl methyl sites for hydroxylation is 1. The molecule has 0 atom stereocenters. The normalized spacial score (nSPS) is 18.5. The number of carbonyl (C=O) groups is 1. The molecule has 3 aliphatic heterocycles. The second kappa shape index (κ2) is 7.13. The number of likely N-dealkylation sites (tertiary alicyclic amines) is 1. The fraction of sp³-hybridized carbons (Fsp3) is 0.524. The maximum atomic E-state index is 13.0. The van der Waals surface area contributed by atoms with E-state index in [-0.39, 0.29) is 5.91 Å². The second-order valence-corrected chi connectivity index (χ2v) is 7.74. The van der Waals surface area contributed by atoms with E-state index in [1.54, 1.807) is 0 Å². The molecule has 0 bridgehead atoms. The number of ether oxygens (including phenoxy) is 2. The predicted molar refractivity (Wildman–Crippen MR) is 103 cm³/mol. The highest BCUT2D eigenvalue weighted by molar-refractivity contribution is 5.94. The van der Waals surface area contributed by atoms with Crippen LogP contribution in [0.4, 0.5) is 0 Å². The van der Waals surface area contributed by atoms with Gasteiger partial charge in [-0.05, 0) is 37.5 Å². The number of fused-ring (bicyclic) bond motifs is 2. The molecule has 148 valence electrons. The minimum atomic E-state index is 0.103. The molecule has 0 saturated carbocycles. The summed E-state index contributed by atoms with van der Waals surface area (Å²) in [4.78, 5) is 17.4. The smallest absolute Gasteiger partial charge is 0.274 e. The Morgan fingerprint density at radius 2 is 1.96 bits per heavy atom. The van der Waals surface area contributed by atoms with Crippen LogP contribution >= 0.6 is 0 Å². The van der Waals surface area contributed by atoms with E-state index in [4.69, 9.17) is 14.6 Å². The zero-order valence-electron chi connectivity index (χ0n) is 16.3. The van der Waals surface area contributed by atoms with Crippen LogP contribution in [-0.2, 0) is 26.1 Å². The van der Waals surface area contributed by atoms with Gasteiger partial charge in [0.25, 0.3) is 5.91 Å². The first-order chi connectivity index (χ1) is 13.7. The third-order valence-corrected chi connectivity index (χ3v) is 5.95. The Morgan fingerprint density at radius 1 is 1.14 bits per heavy atom. The topological polar surface area (TPSA) is 59.8 Å². The standard InChI is InChI=1S/C21H26N4O3/c1-2-25-17-7-10-23(12-15-5-6-18-19(11-15)28-14-27-18)13-16(17)20(22-25)21(26)24-8-3-4-9-24/h5-6,11H,2-4,7-10,12-14H2,1H3. The molecule has 0 unspecified atom stereocenters. The van der Waals surface area contributed by atoms with Gasteiger partial charge < -0.3 is 14.4 Å². The van der Waals surface area contributed by atoms with Crippen molar-refractivity contribution >= 4 is 5.91 Å². The predicted octanol–water partition coefficient (Wildman–Crippen LogP) is 2.43. The fourth-order valence-corrected chi connectivity index (χ4v) is 4.48. The third-order valence-electron chi connectivity index (χ3n) is 5.95. The van der Waals surface area contributed by atoms with E-state index in [0.29, 0.717) is 12.5 Å². The molecule has 1 fully saturated rings. The lowest BCUT2D eigenvalue weighted by molar-refractivity contribution is 0.0783. The van der Waals surface area contributed by atoms with Crippen molar-refractivity contribution in [2.24, 2.45) is 0 Å². The number of rotatable bonds is 4. The largest absolute Gasteiger partial charge is 0.454 e. The van der Waals surface area contributed by atoms with E-state index in [1.165, 1.54) is 11.3 Å². The van der Waals surface area contributed by atoms with Crippen LogP contribution in [0.15, 0.2) is 18.2 Å². The van der Waals surface area contributed by atoms with Gasteiger partial charge in [-0.25, -0.2) is 0 Å². The molecular weight excluding hydrogens is 356 g/mol. The van der Waals surface area contributed by atoms with Gasteiger partial charge in [0.1, 0.15) is 0 Å². The van der Waals surface area contributed by atoms with E-state index < -0.39 is 0 Å². The number of carbonyl (C=O) groups excluding carboxylic acids is 1. The number of nitrogens with zero attached hydrogens (tertiary/aromatic N) is 4. The van der Waals surface area contributed by atoms with Crippen LogP contribution in [-0.4, -0.2) is 51.9 Å².